The molecule has 0 spiro atoms. The zero-order chi connectivity index (χ0) is 17.4. The van der Waals surface area contributed by atoms with Crippen molar-refractivity contribution in [3.8, 4) is 0 Å². The minimum atomic E-state index is -0.577. The molecule has 1 N–H and O–H groups in total. The molecule has 7 heteroatoms. The molecule has 1 heterocycles. The van der Waals surface area contributed by atoms with E-state index in [0.29, 0.717) is 16.8 Å². The molecule has 0 unspecified atom stereocenters. The molecule has 2 aromatic carbocycles. The van der Waals surface area contributed by atoms with Crippen LogP contribution in [-0.2, 0) is 6.61 Å². The summed E-state index contributed by atoms with van der Waals surface area (Å²) in [6.07, 6.45) is 0. The monoisotopic (exact) mass is 344 g/mol. The molecule has 24 heavy (non-hydrogen) atoms. The first-order valence-corrected chi connectivity index (χ1v) is 7.52. The number of para-hydroxylation sites is 1. The number of fused-ring (bicyclic) bond motifs is 1. The third-order valence-electron chi connectivity index (χ3n) is 3.99. The van der Waals surface area contributed by atoms with E-state index in [1.54, 1.807) is 19.1 Å². The van der Waals surface area contributed by atoms with Crippen molar-refractivity contribution in [2.45, 2.75) is 13.5 Å². The van der Waals surface area contributed by atoms with E-state index in [0.717, 1.165) is 11.5 Å². The van der Waals surface area contributed by atoms with Crippen molar-refractivity contribution in [2.75, 3.05) is 0 Å². The molecule has 0 atom stereocenters. The summed E-state index contributed by atoms with van der Waals surface area (Å²) in [6.45, 7) is 1.50. The van der Waals surface area contributed by atoms with Crippen LogP contribution in [0.5, 0.6) is 0 Å². The van der Waals surface area contributed by atoms with Crippen LogP contribution in [0.4, 0.5) is 5.69 Å². The lowest BCUT2D eigenvalue weighted by Crippen LogP contribution is -2.14. The Labute approximate surface area is 142 Å². The topological polar surface area (TPSA) is 85.4 Å². The number of halogens is 1. The van der Waals surface area contributed by atoms with Gasteiger partial charge in [-0.25, -0.2) is 0 Å². The average molecular weight is 345 g/mol. The van der Waals surface area contributed by atoms with Gasteiger partial charge in [-0.15, -0.1) is 0 Å². The molecule has 0 saturated heterocycles. The fourth-order valence-corrected chi connectivity index (χ4v) is 3.01. The number of carbonyl (C=O) groups excluding carboxylic acids is 1. The van der Waals surface area contributed by atoms with E-state index in [1.165, 1.54) is 16.7 Å². The van der Waals surface area contributed by atoms with Crippen LogP contribution in [0.15, 0.2) is 42.5 Å². The second kappa shape index (κ2) is 6.07. The van der Waals surface area contributed by atoms with E-state index in [-0.39, 0.29) is 22.9 Å². The van der Waals surface area contributed by atoms with Gasteiger partial charge in [0.1, 0.15) is 0 Å². The largest absolute Gasteiger partial charge is 0.392 e. The number of nitro benzene ring substituents is 1. The van der Waals surface area contributed by atoms with Crippen LogP contribution in [0, 0.1) is 17.0 Å². The number of nitro groups is 1. The summed E-state index contributed by atoms with van der Waals surface area (Å²) in [5, 5.41) is 21.5. The van der Waals surface area contributed by atoms with Crippen molar-refractivity contribution < 1.29 is 14.8 Å². The van der Waals surface area contributed by atoms with Gasteiger partial charge >= 0.3 is 0 Å². The average Bonchev–Trinajstić information content (AvgIpc) is 2.85. The van der Waals surface area contributed by atoms with E-state index in [1.807, 2.05) is 12.1 Å². The fourth-order valence-electron chi connectivity index (χ4n) is 2.81. The van der Waals surface area contributed by atoms with Crippen molar-refractivity contribution in [1.29, 1.82) is 0 Å². The minimum Gasteiger partial charge on any atom is -0.392 e. The summed E-state index contributed by atoms with van der Waals surface area (Å²) in [6, 6.07) is 10.9. The van der Waals surface area contributed by atoms with Crippen LogP contribution in [0.25, 0.3) is 10.9 Å². The second-order valence-electron chi connectivity index (χ2n) is 5.30. The summed E-state index contributed by atoms with van der Waals surface area (Å²) in [5.41, 5.74) is 1.66. The van der Waals surface area contributed by atoms with Crippen molar-refractivity contribution in [1.82, 2.24) is 4.57 Å². The Morgan fingerprint density at radius 2 is 2.00 bits per heavy atom. The van der Waals surface area contributed by atoms with Gasteiger partial charge < -0.3 is 5.11 Å². The number of aromatic nitrogens is 1. The maximum absolute atomic E-state index is 13.0. The quantitative estimate of drug-likeness (QED) is 0.580. The zero-order valence-corrected chi connectivity index (χ0v) is 13.4. The van der Waals surface area contributed by atoms with Gasteiger partial charge in [0.2, 0.25) is 0 Å². The Balaban J connectivity index is 2.25. The number of carbonyl (C=O) groups is 1. The number of hydrogen-bond donors (Lipinski definition) is 1. The van der Waals surface area contributed by atoms with Gasteiger partial charge in [-0.1, -0.05) is 29.8 Å². The zero-order valence-electron chi connectivity index (χ0n) is 12.7. The molecule has 0 aliphatic rings. The Morgan fingerprint density at radius 3 is 2.67 bits per heavy atom. The smallest absolute Gasteiger partial charge is 0.270 e. The fraction of sp³-hybridized carbons (Fsp3) is 0.118. The van der Waals surface area contributed by atoms with Gasteiger partial charge in [0.25, 0.3) is 11.6 Å². The highest BCUT2D eigenvalue weighted by molar-refractivity contribution is 6.34. The molecule has 0 aliphatic heterocycles. The van der Waals surface area contributed by atoms with Crippen LogP contribution < -0.4 is 0 Å². The standard InChI is InChI=1S/C17H13ClN2O4/c1-10-14(9-21)12-4-2-3-5-16(12)19(10)17(22)13-8-11(20(23)24)6-7-15(13)18/h2-8,21H,9H2,1H3. The van der Waals surface area contributed by atoms with Crippen LogP contribution in [0.2, 0.25) is 5.02 Å². The first-order chi connectivity index (χ1) is 11.5. The lowest BCUT2D eigenvalue weighted by atomic mass is 10.1. The predicted molar refractivity (Wildman–Crippen MR) is 90.4 cm³/mol. The molecule has 3 rings (SSSR count). The molecule has 0 bridgehead atoms. The lowest BCUT2D eigenvalue weighted by Gasteiger charge is -2.09. The maximum atomic E-state index is 13.0. The molecule has 3 aromatic rings. The van der Waals surface area contributed by atoms with Crippen LogP contribution in [0.3, 0.4) is 0 Å². The van der Waals surface area contributed by atoms with Gasteiger partial charge in [-0.2, -0.15) is 0 Å². The molecular weight excluding hydrogens is 332 g/mol. The lowest BCUT2D eigenvalue weighted by molar-refractivity contribution is -0.384. The molecule has 0 aliphatic carbocycles. The van der Waals surface area contributed by atoms with Crippen LogP contribution >= 0.6 is 11.6 Å². The molecule has 1 aromatic heterocycles. The van der Waals surface area contributed by atoms with Gasteiger partial charge in [-0.05, 0) is 19.1 Å². The number of hydrogen-bond acceptors (Lipinski definition) is 4. The van der Waals surface area contributed by atoms with E-state index >= 15 is 0 Å². The first-order valence-electron chi connectivity index (χ1n) is 7.14. The molecule has 0 amide bonds. The summed E-state index contributed by atoms with van der Waals surface area (Å²) >= 11 is 6.08. The van der Waals surface area contributed by atoms with Gasteiger partial charge in [0.15, 0.2) is 0 Å². The molecule has 122 valence electrons. The Morgan fingerprint density at radius 1 is 1.29 bits per heavy atom. The summed E-state index contributed by atoms with van der Waals surface area (Å²) < 4.78 is 1.42. The predicted octanol–water partition coefficient (Wildman–Crippen LogP) is 3.69. The van der Waals surface area contributed by atoms with Gasteiger partial charge in [-0.3, -0.25) is 19.5 Å². The number of nitrogens with zero attached hydrogens (tertiary/aromatic N) is 2. The number of non-ortho nitro benzene ring substituents is 1. The minimum absolute atomic E-state index is 0.0409. The number of aliphatic hydroxyl groups is 1. The number of benzene rings is 2. The SMILES string of the molecule is Cc1c(CO)c2ccccc2n1C(=O)c1cc([N+](=O)[O-])ccc1Cl. The van der Waals surface area contributed by atoms with Crippen molar-refractivity contribution in [3.05, 3.63) is 74.4 Å². The second-order valence-corrected chi connectivity index (χ2v) is 5.71. The molecule has 0 fully saturated rings. The summed E-state index contributed by atoms with van der Waals surface area (Å²) in [7, 11) is 0. The molecule has 6 nitrogen and oxygen atoms in total. The van der Waals surface area contributed by atoms with Crippen molar-refractivity contribution >= 4 is 34.1 Å². The van der Waals surface area contributed by atoms with Gasteiger partial charge in [0, 0.05) is 28.8 Å². The van der Waals surface area contributed by atoms with Crippen molar-refractivity contribution in [2.24, 2.45) is 0 Å². The molecule has 0 saturated carbocycles. The van der Waals surface area contributed by atoms with E-state index < -0.39 is 10.8 Å². The molecule has 0 radical (unpaired) electrons. The summed E-state index contributed by atoms with van der Waals surface area (Å²) in [5.74, 6) is -0.475. The highest BCUT2D eigenvalue weighted by Gasteiger charge is 2.22. The maximum Gasteiger partial charge on any atom is 0.270 e. The van der Waals surface area contributed by atoms with Crippen LogP contribution in [-0.4, -0.2) is 20.5 Å². The van der Waals surface area contributed by atoms with E-state index in [2.05, 4.69) is 0 Å². The first kappa shape index (κ1) is 16.2. The molecular formula is C17H13ClN2O4. The highest BCUT2D eigenvalue weighted by Crippen LogP contribution is 2.29. The number of aliphatic hydroxyl groups excluding tert-OH is 1. The summed E-state index contributed by atoms with van der Waals surface area (Å²) in [4.78, 5) is 23.4. The highest BCUT2D eigenvalue weighted by atomic mass is 35.5. The Bertz CT molecular complexity index is 978. The third kappa shape index (κ3) is 2.46. The van der Waals surface area contributed by atoms with E-state index in [9.17, 15) is 20.0 Å². The van der Waals surface area contributed by atoms with E-state index in [4.69, 9.17) is 11.6 Å². The Kier molecular flexibility index (Phi) is 4.09. The van der Waals surface area contributed by atoms with Crippen LogP contribution in [0.1, 0.15) is 21.6 Å². The van der Waals surface area contributed by atoms with Crippen molar-refractivity contribution in [3.63, 3.8) is 0 Å². The Hall–Kier alpha value is -2.70. The van der Waals surface area contributed by atoms with Gasteiger partial charge in [0.05, 0.1) is 27.6 Å². The number of rotatable bonds is 3. The normalized spacial score (nSPS) is 11.0. The third-order valence-corrected chi connectivity index (χ3v) is 4.32.